The fourth-order valence-electron chi connectivity index (χ4n) is 3.08. The lowest BCUT2D eigenvalue weighted by Gasteiger charge is -2.19. The first-order valence-electron chi connectivity index (χ1n) is 9.40. The van der Waals surface area contributed by atoms with Gasteiger partial charge in [-0.2, -0.15) is 0 Å². The third-order valence-electron chi connectivity index (χ3n) is 4.59. The Morgan fingerprint density at radius 1 is 1.10 bits per heavy atom. The van der Waals surface area contributed by atoms with Crippen LogP contribution in [0.1, 0.15) is 12.8 Å². The van der Waals surface area contributed by atoms with Crippen LogP contribution in [0.4, 0.5) is 11.4 Å². The second kappa shape index (κ2) is 8.57. The van der Waals surface area contributed by atoms with Crippen LogP contribution >= 0.6 is 11.8 Å². The molecule has 0 atom stereocenters. The maximum Gasteiger partial charge on any atom is 0.225 e. The lowest BCUT2D eigenvalue weighted by atomic mass is 10.2. The maximum atomic E-state index is 12.7. The summed E-state index contributed by atoms with van der Waals surface area (Å²) in [5.41, 5.74) is 0.996. The molecule has 158 valence electrons. The number of fused-ring (bicyclic) bond motifs is 2. The standard InChI is InChI=1S/C20H20N2O6S2/c23-19-5-9-29-18-4-2-14(12-15(18)22-19)30(25,26)10-6-20(24)21-13-1-3-16-17(11-13)28-8-7-27-16/h1-4,11-12H,5-10H2,(H,21,24)(H,22,23). The van der Waals surface area contributed by atoms with Crippen LogP contribution < -0.4 is 20.1 Å². The molecule has 2 N–H and O–H groups in total. The molecule has 0 radical (unpaired) electrons. The molecule has 0 fully saturated rings. The fraction of sp³-hybridized carbons (Fsp3) is 0.300. The number of thioether (sulfide) groups is 1. The highest BCUT2D eigenvalue weighted by atomic mass is 32.2. The van der Waals surface area contributed by atoms with Crippen LogP contribution in [0.2, 0.25) is 0 Å². The Morgan fingerprint density at radius 2 is 1.90 bits per heavy atom. The highest BCUT2D eigenvalue weighted by Gasteiger charge is 2.21. The third-order valence-corrected chi connectivity index (χ3v) is 7.38. The maximum absolute atomic E-state index is 12.7. The van der Waals surface area contributed by atoms with Gasteiger partial charge in [-0.3, -0.25) is 9.59 Å². The van der Waals surface area contributed by atoms with Crippen LogP contribution in [-0.2, 0) is 19.4 Å². The molecule has 8 nitrogen and oxygen atoms in total. The second-order valence-corrected chi connectivity index (χ2v) is 10.0. The second-order valence-electron chi connectivity index (χ2n) is 6.78. The summed E-state index contributed by atoms with van der Waals surface area (Å²) in [7, 11) is -3.69. The molecule has 0 spiro atoms. The highest BCUT2D eigenvalue weighted by Crippen LogP contribution is 2.34. The third kappa shape index (κ3) is 4.71. The molecule has 4 rings (SSSR count). The molecule has 0 unspecified atom stereocenters. The molecular formula is C20H20N2O6S2. The van der Waals surface area contributed by atoms with Gasteiger partial charge in [-0.15, -0.1) is 11.8 Å². The van der Waals surface area contributed by atoms with Crippen molar-refractivity contribution in [3.8, 4) is 11.5 Å². The largest absolute Gasteiger partial charge is 0.486 e. The normalized spacial score (nSPS) is 15.5. The van der Waals surface area contributed by atoms with Gasteiger partial charge in [0.1, 0.15) is 13.2 Å². The van der Waals surface area contributed by atoms with Gasteiger partial charge >= 0.3 is 0 Å². The van der Waals surface area contributed by atoms with Gasteiger partial charge in [0.15, 0.2) is 21.3 Å². The van der Waals surface area contributed by atoms with E-state index in [1.165, 1.54) is 23.9 Å². The van der Waals surface area contributed by atoms with E-state index in [0.717, 1.165) is 4.90 Å². The van der Waals surface area contributed by atoms with Gasteiger partial charge in [-0.25, -0.2) is 8.42 Å². The van der Waals surface area contributed by atoms with Crippen molar-refractivity contribution in [3.63, 3.8) is 0 Å². The van der Waals surface area contributed by atoms with Crippen molar-refractivity contribution < 1.29 is 27.5 Å². The van der Waals surface area contributed by atoms with Crippen LogP contribution in [-0.4, -0.2) is 45.0 Å². The van der Waals surface area contributed by atoms with Crippen LogP contribution in [0.25, 0.3) is 0 Å². The number of hydrogen-bond donors (Lipinski definition) is 2. The van der Waals surface area contributed by atoms with Crippen molar-refractivity contribution in [1.82, 2.24) is 0 Å². The SMILES string of the molecule is O=C(CCS(=O)(=O)c1ccc2c(c1)NC(=O)CCS2)Nc1ccc2c(c1)OCCO2. The zero-order valence-electron chi connectivity index (χ0n) is 16.0. The minimum absolute atomic E-state index is 0.0798. The van der Waals surface area contributed by atoms with Gasteiger partial charge in [0.25, 0.3) is 0 Å². The molecule has 0 saturated heterocycles. The van der Waals surface area contributed by atoms with Crippen molar-refractivity contribution in [2.75, 3.05) is 35.4 Å². The van der Waals surface area contributed by atoms with E-state index in [1.807, 2.05) is 0 Å². The van der Waals surface area contributed by atoms with Crippen molar-refractivity contribution >= 4 is 44.8 Å². The Labute approximate surface area is 178 Å². The van der Waals surface area contributed by atoms with E-state index in [9.17, 15) is 18.0 Å². The number of rotatable bonds is 5. The quantitative estimate of drug-likeness (QED) is 0.723. The summed E-state index contributed by atoms with van der Waals surface area (Å²) >= 11 is 1.50. The van der Waals surface area contributed by atoms with E-state index >= 15 is 0 Å². The summed E-state index contributed by atoms with van der Waals surface area (Å²) in [5.74, 6) is 0.879. The number of carbonyl (C=O) groups excluding carboxylic acids is 2. The number of anilines is 2. The van der Waals surface area contributed by atoms with E-state index in [1.54, 1.807) is 24.3 Å². The number of benzene rings is 2. The molecule has 0 saturated carbocycles. The number of nitrogens with one attached hydrogen (secondary N) is 2. The van der Waals surface area contributed by atoms with Gasteiger partial charge in [0.2, 0.25) is 11.8 Å². The van der Waals surface area contributed by atoms with Crippen molar-refractivity contribution in [1.29, 1.82) is 0 Å². The zero-order valence-corrected chi connectivity index (χ0v) is 17.6. The summed E-state index contributed by atoms with van der Waals surface area (Å²) < 4.78 is 36.3. The minimum atomic E-state index is -3.69. The lowest BCUT2D eigenvalue weighted by molar-refractivity contribution is -0.116. The van der Waals surface area contributed by atoms with Crippen molar-refractivity contribution in [2.45, 2.75) is 22.6 Å². The molecule has 2 amide bonds. The topological polar surface area (TPSA) is 111 Å². The molecule has 30 heavy (non-hydrogen) atoms. The lowest BCUT2D eigenvalue weighted by Crippen LogP contribution is -2.18. The predicted molar refractivity (Wildman–Crippen MR) is 113 cm³/mol. The van der Waals surface area contributed by atoms with E-state index < -0.39 is 15.7 Å². The summed E-state index contributed by atoms with van der Waals surface area (Å²) in [6.45, 7) is 0.907. The molecule has 10 heteroatoms. The molecule has 2 aromatic carbocycles. The van der Waals surface area contributed by atoms with Crippen LogP contribution in [0, 0.1) is 0 Å². The Bertz CT molecular complexity index is 1100. The molecule has 2 aliphatic rings. The Morgan fingerprint density at radius 3 is 2.73 bits per heavy atom. The Balaban J connectivity index is 1.40. The molecule has 0 bridgehead atoms. The van der Waals surface area contributed by atoms with E-state index in [4.69, 9.17) is 9.47 Å². The molecular weight excluding hydrogens is 428 g/mol. The first-order chi connectivity index (χ1) is 14.4. The van der Waals surface area contributed by atoms with Gasteiger partial charge in [0.05, 0.1) is 16.3 Å². The molecule has 2 aliphatic heterocycles. The van der Waals surface area contributed by atoms with Crippen LogP contribution in [0.3, 0.4) is 0 Å². The van der Waals surface area contributed by atoms with Crippen molar-refractivity contribution in [2.24, 2.45) is 0 Å². The zero-order chi connectivity index (χ0) is 21.1. The molecule has 2 heterocycles. The average molecular weight is 449 g/mol. The molecule has 2 aromatic rings. The molecule has 0 aromatic heterocycles. The highest BCUT2D eigenvalue weighted by molar-refractivity contribution is 7.99. The number of ether oxygens (including phenoxy) is 2. The van der Waals surface area contributed by atoms with E-state index in [-0.39, 0.29) is 23.0 Å². The summed E-state index contributed by atoms with van der Waals surface area (Å²) in [5, 5.41) is 5.41. The summed E-state index contributed by atoms with van der Waals surface area (Å²) in [6, 6.07) is 9.67. The van der Waals surface area contributed by atoms with Gasteiger partial charge in [-0.1, -0.05) is 0 Å². The number of amides is 2. The molecule has 0 aliphatic carbocycles. The first kappa shape index (κ1) is 20.5. The first-order valence-corrected chi connectivity index (χ1v) is 12.0. The van der Waals surface area contributed by atoms with E-state index in [0.29, 0.717) is 48.3 Å². The summed E-state index contributed by atoms with van der Waals surface area (Å²) in [4.78, 5) is 24.9. The number of carbonyl (C=O) groups is 2. The van der Waals surface area contributed by atoms with Crippen LogP contribution in [0.5, 0.6) is 11.5 Å². The average Bonchev–Trinajstić information content (AvgIpc) is 2.92. The smallest absolute Gasteiger partial charge is 0.225 e. The number of hydrogen-bond acceptors (Lipinski definition) is 7. The van der Waals surface area contributed by atoms with Gasteiger partial charge in [0, 0.05) is 35.2 Å². The van der Waals surface area contributed by atoms with Gasteiger partial charge < -0.3 is 20.1 Å². The number of sulfone groups is 1. The summed E-state index contributed by atoms with van der Waals surface area (Å²) in [6.07, 6.45) is 0.177. The predicted octanol–water partition coefficient (Wildman–Crippen LogP) is 2.69. The van der Waals surface area contributed by atoms with Crippen molar-refractivity contribution in [3.05, 3.63) is 36.4 Å². The fourth-order valence-corrected chi connectivity index (χ4v) is 5.28. The van der Waals surface area contributed by atoms with E-state index in [2.05, 4.69) is 10.6 Å². The van der Waals surface area contributed by atoms with Gasteiger partial charge in [-0.05, 0) is 30.3 Å². The Hall–Kier alpha value is -2.72. The van der Waals surface area contributed by atoms with Crippen LogP contribution in [0.15, 0.2) is 46.2 Å². The minimum Gasteiger partial charge on any atom is -0.486 e. The monoisotopic (exact) mass is 448 g/mol. The Kier molecular flexibility index (Phi) is 5.87.